The Bertz CT molecular complexity index is 749. The molecule has 0 atom stereocenters. The summed E-state index contributed by atoms with van der Waals surface area (Å²) < 4.78 is 19.9. The predicted octanol–water partition coefficient (Wildman–Crippen LogP) is 2.01. The second-order valence-electron chi connectivity index (χ2n) is 6.60. The second kappa shape index (κ2) is 7.61. The van der Waals surface area contributed by atoms with E-state index in [9.17, 15) is 19.2 Å². The molecule has 0 saturated carbocycles. The summed E-state index contributed by atoms with van der Waals surface area (Å²) in [6.45, 7) is 5.87. The van der Waals surface area contributed by atoms with Crippen molar-refractivity contribution in [2.75, 3.05) is 0 Å². The van der Waals surface area contributed by atoms with Gasteiger partial charge in [-0.2, -0.15) is 0 Å². The van der Waals surface area contributed by atoms with Gasteiger partial charge in [0, 0.05) is 27.7 Å². The fourth-order valence-electron chi connectivity index (χ4n) is 2.18. The molecule has 0 aromatic carbocycles. The number of cyclic esters (lactones) is 4. The molecule has 2 fully saturated rings. The number of ether oxygens (including phenoxy) is 4. The van der Waals surface area contributed by atoms with Crippen molar-refractivity contribution in [3.05, 3.63) is 47.6 Å². The van der Waals surface area contributed by atoms with Crippen LogP contribution in [0.4, 0.5) is 0 Å². The molecule has 0 aromatic heterocycles. The van der Waals surface area contributed by atoms with Gasteiger partial charge in [-0.1, -0.05) is 30.4 Å². The molecular weight excluding hydrogens is 356 g/mol. The van der Waals surface area contributed by atoms with Gasteiger partial charge in [-0.25, -0.2) is 19.2 Å². The molecular formula is C19H20O8. The van der Waals surface area contributed by atoms with E-state index >= 15 is 0 Å². The van der Waals surface area contributed by atoms with Crippen LogP contribution in [0, 0.1) is 0 Å². The van der Waals surface area contributed by atoms with Gasteiger partial charge in [-0.3, -0.25) is 0 Å². The largest absolute Gasteiger partial charge is 0.419 e. The summed E-state index contributed by atoms with van der Waals surface area (Å²) in [5, 5.41) is 0. The average Bonchev–Trinajstić information content (AvgIpc) is 2.48. The Hall–Kier alpha value is -3.16. The van der Waals surface area contributed by atoms with E-state index in [2.05, 4.69) is 0 Å². The molecule has 2 aliphatic heterocycles. The van der Waals surface area contributed by atoms with Crippen LogP contribution in [-0.2, 0) is 38.1 Å². The first-order valence-electron chi connectivity index (χ1n) is 8.18. The summed E-state index contributed by atoms with van der Waals surface area (Å²) in [4.78, 5) is 46.9. The Morgan fingerprint density at radius 3 is 1.59 bits per heavy atom. The molecule has 0 aromatic rings. The lowest BCUT2D eigenvalue weighted by Crippen LogP contribution is -2.41. The van der Waals surface area contributed by atoms with E-state index in [-0.39, 0.29) is 17.6 Å². The normalized spacial score (nSPS) is 21.6. The molecule has 8 nitrogen and oxygen atoms in total. The van der Waals surface area contributed by atoms with Crippen molar-refractivity contribution in [1.29, 1.82) is 0 Å². The van der Waals surface area contributed by atoms with Gasteiger partial charge in [0.25, 0.3) is 11.6 Å². The molecule has 0 unspecified atom stereocenters. The van der Waals surface area contributed by atoms with Crippen molar-refractivity contribution < 1.29 is 38.1 Å². The van der Waals surface area contributed by atoms with E-state index in [4.69, 9.17) is 18.9 Å². The second-order valence-corrected chi connectivity index (χ2v) is 6.60. The molecule has 2 aliphatic rings. The summed E-state index contributed by atoms with van der Waals surface area (Å²) in [5.74, 6) is -5.53. The molecule has 0 N–H and O–H groups in total. The van der Waals surface area contributed by atoms with Crippen LogP contribution in [0.15, 0.2) is 47.6 Å². The third kappa shape index (κ3) is 5.40. The van der Waals surface area contributed by atoms with Crippen LogP contribution < -0.4 is 0 Å². The van der Waals surface area contributed by atoms with Crippen LogP contribution in [0.25, 0.3) is 0 Å². The minimum absolute atomic E-state index is 0.166. The molecule has 0 aliphatic carbocycles. The lowest BCUT2D eigenvalue weighted by Gasteiger charge is -2.29. The van der Waals surface area contributed by atoms with Crippen LogP contribution in [0.1, 0.15) is 34.1 Å². The van der Waals surface area contributed by atoms with E-state index < -0.39 is 35.5 Å². The highest BCUT2D eigenvalue weighted by atomic mass is 16.7. The van der Waals surface area contributed by atoms with Gasteiger partial charge in [0.2, 0.25) is 0 Å². The first kappa shape index (κ1) is 20.2. The van der Waals surface area contributed by atoms with E-state index in [1.807, 2.05) is 0 Å². The van der Waals surface area contributed by atoms with Crippen molar-refractivity contribution in [1.82, 2.24) is 0 Å². The lowest BCUT2D eigenvalue weighted by atomic mass is 10.1. The highest BCUT2D eigenvalue weighted by Gasteiger charge is 2.39. The molecule has 27 heavy (non-hydrogen) atoms. The van der Waals surface area contributed by atoms with Crippen molar-refractivity contribution in [2.24, 2.45) is 0 Å². The maximum Gasteiger partial charge on any atom is 0.348 e. The zero-order valence-corrected chi connectivity index (χ0v) is 15.4. The van der Waals surface area contributed by atoms with Crippen molar-refractivity contribution in [2.45, 2.75) is 45.7 Å². The third-order valence-corrected chi connectivity index (χ3v) is 3.31. The number of hydrogen-bond donors (Lipinski definition) is 0. The van der Waals surface area contributed by atoms with Gasteiger partial charge in [-0.15, -0.1) is 0 Å². The number of carbonyl (C=O) groups excluding carboxylic acids is 4. The van der Waals surface area contributed by atoms with Gasteiger partial charge < -0.3 is 18.9 Å². The quantitative estimate of drug-likeness (QED) is 0.318. The van der Waals surface area contributed by atoms with Gasteiger partial charge in [0.1, 0.15) is 11.1 Å². The Morgan fingerprint density at radius 1 is 0.667 bits per heavy atom. The van der Waals surface area contributed by atoms with Crippen LogP contribution in [0.5, 0.6) is 0 Å². The summed E-state index contributed by atoms with van der Waals surface area (Å²) in [6, 6.07) is 0. The van der Waals surface area contributed by atoms with Gasteiger partial charge >= 0.3 is 23.9 Å². The minimum Gasteiger partial charge on any atom is -0.419 e. The maximum atomic E-state index is 11.7. The molecule has 2 heterocycles. The number of allylic oxidation sites excluding steroid dienone is 6. The van der Waals surface area contributed by atoms with Crippen molar-refractivity contribution >= 4 is 23.9 Å². The van der Waals surface area contributed by atoms with Crippen LogP contribution in [0.3, 0.4) is 0 Å². The Labute approximate surface area is 156 Å². The monoisotopic (exact) mass is 376 g/mol. The first-order chi connectivity index (χ1) is 12.5. The SMILES string of the molecule is CC1(C)OC(=O)C(=CC=C/C=C/CC=C2C(=O)OC(C)(C)OC2=O)C(=O)O1. The van der Waals surface area contributed by atoms with Crippen molar-refractivity contribution in [3.8, 4) is 0 Å². The molecule has 0 amide bonds. The van der Waals surface area contributed by atoms with Crippen molar-refractivity contribution in [3.63, 3.8) is 0 Å². The molecule has 0 spiro atoms. The molecule has 2 rings (SSSR count). The fraction of sp³-hybridized carbons (Fsp3) is 0.368. The molecule has 0 radical (unpaired) electrons. The Balaban J connectivity index is 1.91. The Morgan fingerprint density at radius 2 is 1.11 bits per heavy atom. The zero-order chi connectivity index (χ0) is 20.2. The first-order valence-corrected chi connectivity index (χ1v) is 8.18. The van der Waals surface area contributed by atoms with E-state index in [1.165, 1.54) is 45.9 Å². The third-order valence-electron chi connectivity index (χ3n) is 3.31. The summed E-state index contributed by atoms with van der Waals surface area (Å²) in [5.41, 5.74) is -0.378. The van der Waals surface area contributed by atoms with E-state index in [0.29, 0.717) is 0 Å². The maximum absolute atomic E-state index is 11.7. The smallest absolute Gasteiger partial charge is 0.348 e. The highest BCUT2D eigenvalue weighted by Crippen LogP contribution is 2.23. The van der Waals surface area contributed by atoms with E-state index in [1.54, 1.807) is 18.2 Å². The fourth-order valence-corrected chi connectivity index (χ4v) is 2.18. The van der Waals surface area contributed by atoms with Crippen LogP contribution in [-0.4, -0.2) is 35.5 Å². The number of carbonyl (C=O) groups is 4. The highest BCUT2D eigenvalue weighted by molar-refractivity contribution is 6.16. The number of hydrogen-bond acceptors (Lipinski definition) is 8. The topological polar surface area (TPSA) is 105 Å². The van der Waals surface area contributed by atoms with Crippen LogP contribution >= 0.6 is 0 Å². The summed E-state index contributed by atoms with van der Waals surface area (Å²) in [6.07, 6.45) is 9.24. The minimum atomic E-state index is -1.28. The van der Waals surface area contributed by atoms with Gasteiger partial charge in [0.05, 0.1) is 0 Å². The van der Waals surface area contributed by atoms with E-state index in [0.717, 1.165) is 0 Å². The van der Waals surface area contributed by atoms with Gasteiger partial charge in [0.15, 0.2) is 0 Å². The average molecular weight is 376 g/mol. The Kier molecular flexibility index (Phi) is 5.68. The van der Waals surface area contributed by atoms with Gasteiger partial charge in [-0.05, 0) is 12.5 Å². The number of rotatable bonds is 4. The van der Waals surface area contributed by atoms with Crippen LogP contribution in [0.2, 0.25) is 0 Å². The summed E-state index contributed by atoms with van der Waals surface area (Å²) in [7, 11) is 0. The molecule has 0 bridgehead atoms. The number of esters is 4. The standard InChI is InChI=1S/C19H20O8/c1-18(2)24-14(20)12(15(21)25-18)10-8-6-5-7-9-11-13-16(22)26-19(3,4)27-17(13)23/h5-8,10-11H,9H2,1-4H3/b7-5+,8-6?. The summed E-state index contributed by atoms with van der Waals surface area (Å²) >= 11 is 0. The zero-order valence-electron chi connectivity index (χ0n) is 15.4. The molecule has 2 saturated heterocycles. The molecule has 8 heteroatoms. The predicted molar refractivity (Wildman–Crippen MR) is 91.6 cm³/mol. The lowest BCUT2D eigenvalue weighted by molar-refractivity contribution is -0.224. The molecule has 144 valence electrons.